The molecule has 92 valence electrons. The summed E-state index contributed by atoms with van der Waals surface area (Å²) in [7, 11) is 0. The van der Waals surface area contributed by atoms with Crippen molar-refractivity contribution in [1.82, 2.24) is 0 Å². The van der Waals surface area contributed by atoms with E-state index in [9.17, 15) is 18.4 Å². The van der Waals surface area contributed by atoms with Gasteiger partial charge in [0.15, 0.2) is 17.4 Å². The molecule has 0 saturated heterocycles. The predicted octanol–water partition coefficient (Wildman–Crippen LogP) is 2.86. The van der Waals surface area contributed by atoms with E-state index in [-0.39, 0.29) is 11.1 Å². The molecule has 3 nitrogen and oxygen atoms in total. The van der Waals surface area contributed by atoms with Crippen LogP contribution < -0.4 is 0 Å². The second kappa shape index (κ2) is 5.86. The van der Waals surface area contributed by atoms with Gasteiger partial charge >= 0.3 is 5.97 Å². The SMILES string of the molecule is CCOC(=O)CC(=O)c1ccc(Br)c(F)c1F. The molecular weight excluding hydrogens is 298 g/mol. The number of carbonyl (C=O) groups is 2. The summed E-state index contributed by atoms with van der Waals surface area (Å²) in [6, 6.07) is 2.32. The van der Waals surface area contributed by atoms with E-state index in [0.717, 1.165) is 6.07 Å². The van der Waals surface area contributed by atoms with E-state index in [1.807, 2.05) is 0 Å². The summed E-state index contributed by atoms with van der Waals surface area (Å²) >= 11 is 2.79. The summed E-state index contributed by atoms with van der Waals surface area (Å²) in [4.78, 5) is 22.5. The lowest BCUT2D eigenvalue weighted by molar-refractivity contribution is -0.141. The second-order valence-electron chi connectivity index (χ2n) is 3.13. The number of esters is 1. The number of benzene rings is 1. The van der Waals surface area contributed by atoms with E-state index in [0.29, 0.717) is 0 Å². The molecule has 1 aromatic carbocycles. The third kappa shape index (κ3) is 3.33. The van der Waals surface area contributed by atoms with Crippen LogP contribution in [0.1, 0.15) is 23.7 Å². The highest BCUT2D eigenvalue weighted by Gasteiger charge is 2.20. The first-order valence-electron chi connectivity index (χ1n) is 4.79. The molecule has 0 N–H and O–H groups in total. The maximum atomic E-state index is 13.4. The molecule has 0 fully saturated rings. The molecule has 0 bridgehead atoms. The fourth-order valence-electron chi connectivity index (χ4n) is 1.18. The van der Waals surface area contributed by atoms with Gasteiger partial charge in [-0.3, -0.25) is 9.59 Å². The van der Waals surface area contributed by atoms with Crippen molar-refractivity contribution >= 4 is 27.7 Å². The zero-order valence-electron chi connectivity index (χ0n) is 8.93. The number of hydrogen-bond donors (Lipinski definition) is 0. The van der Waals surface area contributed by atoms with Crippen molar-refractivity contribution in [1.29, 1.82) is 0 Å². The molecule has 0 aliphatic carbocycles. The van der Waals surface area contributed by atoms with E-state index >= 15 is 0 Å². The van der Waals surface area contributed by atoms with E-state index < -0.39 is 35.4 Å². The summed E-state index contributed by atoms with van der Waals surface area (Å²) in [5.41, 5.74) is -0.459. The highest BCUT2D eigenvalue weighted by molar-refractivity contribution is 9.10. The Balaban J connectivity index is 2.90. The van der Waals surface area contributed by atoms with Gasteiger partial charge in [0.05, 0.1) is 16.6 Å². The van der Waals surface area contributed by atoms with E-state index in [2.05, 4.69) is 20.7 Å². The number of ether oxygens (including phenoxy) is 1. The van der Waals surface area contributed by atoms with Crippen molar-refractivity contribution in [2.75, 3.05) is 6.61 Å². The molecule has 0 spiro atoms. The monoisotopic (exact) mass is 306 g/mol. The van der Waals surface area contributed by atoms with Gasteiger partial charge in [-0.1, -0.05) is 0 Å². The molecule has 6 heteroatoms. The van der Waals surface area contributed by atoms with Gasteiger partial charge in [-0.25, -0.2) is 8.78 Å². The smallest absolute Gasteiger partial charge is 0.313 e. The summed E-state index contributed by atoms with van der Waals surface area (Å²) < 4.78 is 31.0. The highest BCUT2D eigenvalue weighted by atomic mass is 79.9. The fraction of sp³-hybridized carbons (Fsp3) is 0.273. The lowest BCUT2D eigenvalue weighted by atomic mass is 10.1. The topological polar surface area (TPSA) is 43.4 Å². The molecule has 0 heterocycles. The Hall–Kier alpha value is -1.30. The minimum atomic E-state index is -1.27. The van der Waals surface area contributed by atoms with E-state index in [1.165, 1.54) is 6.07 Å². The van der Waals surface area contributed by atoms with Gasteiger partial charge < -0.3 is 4.74 Å². The van der Waals surface area contributed by atoms with Crippen LogP contribution in [-0.2, 0) is 9.53 Å². The summed E-state index contributed by atoms with van der Waals surface area (Å²) in [6.45, 7) is 1.71. The van der Waals surface area contributed by atoms with Crippen LogP contribution >= 0.6 is 15.9 Å². The third-order valence-electron chi connectivity index (χ3n) is 1.95. The Labute approximate surface area is 105 Å². The van der Waals surface area contributed by atoms with Crippen LogP contribution in [0.5, 0.6) is 0 Å². The first-order chi connectivity index (χ1) is 7.97. The quantitative estimate of drug-likeness (QED) is 0.372. The van der Waals surface area contributed by atoms with Gasteiger partial charge in [0.2, 0.25) is 0 Å². The largest absolute Gasteiger partial charge is 0.466 e. The molecule has 0 aromatic heterocycles. The maximum Gasteiger partial charge on any atom is 0.313 e. The van der Waals surface area contributed by atoms with Crippen molar-refractivity contribution in [3.05, 3.63) is 33.8 Å². The minimum absolute atomic E-state index is 0.0808. The molecule has 0 aliphatic heterocycles. The first-order valence-corrected chi connectivity index (χ1v) is 5.59. The average molecular weight is 307 g/mol. The summed E-state index contributed by atoms with van der Waals surface area (Å²) in [6.07, 6.45) is -0.605. The number of hydrogen-bond acceptors (Lipinski definition) is 3. The maximum absolute atomic E-state index is 13.4. The summed E-state index contributed by atoms with van der Waals surface area (Å²) in [5.74, 6) is -4.00. The molecule has 1 aromatic rings. The molecule has 0 atom stereocenters. The number of rotatable bonds is 4. The van der Waals surface area contributed by atoms with Gasteiger partial charge in [-0.05, 0) is 35.0 Å². The molecule has 0 aliphatic rings. The number of carbonyl (C=O) groups excluding carboxylic acids is 2. The van der Waals surface area contributed by atoms with Crippen LogP contribution in [0.3, 0.4) is 0 Å². The van der Waals surface area contributed by atoms with Gasteiger partial charge in [0, 0.05) is 0 Å². The lowest BCUT2D eigenvalue weighted by Crippen LogP contribution is -2.13. The third-order valence-corrected chi connectivity index (χ3v) is 2.56. The van der Waals surface area contributed by atoms with E-state index in [4.69, 9.17) is 0 Å². The van der Waals surface area contributed by atoms with Crippen molar-refractivity contribution in [3.8, 4) is 0 Å². The Bertz CT molecular complexity index is 460. The molecule has 1 rings (SSSR count). The van der Waals surface area contributed by atoms with Gasteiger partial charge in [-0.15, -0.1) is 0 Å². The van der Waals surface area contributed by atoms with Crippen molar-refractivity contribution < 1.29 is 23.1 Å². The van der Waals surface area contributed by atoms with Crippen molar-refractivity contribution in [2.24, 2.45) is 0 Å². The van der Waals surface area contributed by atoms with Gasteiger partial charge in [0.25, 0.3) is 0 Å². The first kappa shape index (κ1) is 13.8. The predicted molar refractivity (Wildman–Crippen MR) is 59.6 cm³/mol. The Morgan fingerprint density at radius 1 is 1.29 bits per heavy atom. The van der Waals surface area contributed by atoms with Crippen LogP contribution in [0.25, 0.3) is 0 Å². The average Bonchev–Trinajstić information content (AvgIpc) is 2.26. The second-order valence-corrected chi connectivity index (χ2v) is 3.98. The zero-order chi connectivity index (χ0) is 13.0. The Morgan fingerprint density at radius 3 is 2.53 bits per heavy atom. The van der Waals surface area contributed by atoms with Gasteiger partial charge in [0.1, 0.15) is 6.42 Å². The Kier molecular flexibility index (Phi) is 4.74. The molecule has 0 unspecified atom stereocenters. The molecule has 0 amide bonds. The highest BCUT2D eigenvalue weighted by Crippen LogP contribution is 2.21. The minimum Gasteiger partial charge on any atom is -0.466 e. The van der Waals surface area contributed by atoms with Crippen molar-refractivity contribution in [3.63, 3.8) is 0 Å². The van der Waals surface area contributed by atoms with E-state index in [1.54, 1.807) is 6.92 Å². The van der Waals surface area contributed by atoms with Crippen LogP contribution in [0, 0.1) is 11.6 Å². The van der Waals surface area contributed by atoms with Crippen LogP contribution in [0.15, 0.2) is 16.6 Å². The molecular formula is C11H9BrF2O3. The van der Waals surface area contributed by atoms with Gasteiger partial charge in [-0.2, -0.15) is 0 Å². The molecule has 0 radical (unpaired) electrons. The van der Waals surface area contributed by atoms with Crippen LogP contribution in [-0.4, -0.2) is 18.4 Å². The zero-order valence-corrected chi connectivity index (χ0v) is 10.5. The Morgan fingerprint density at radius 2 is 1.94 bits per heavy atom. The lowest BCUT2D eigenvalue weighted by Gasteiger charge is -2.04. The molecule has 0 saturated carbocycles. The fourth-order valence-corrected chi connectivity index (χ4v) is 1.49. The standard InChI is InChI=1S/C11H9BrF2O3/c1-2-17-9(16)5-8(15)6-3-4-7(12)11(14)10(6)13/h3-4H,2,5H2,1H3. The van der Waals surface area contributed by atoms with Crippen LogP contribution in [0.2, 0.25) is 0 Å². The summed E-state index contributed by atoms with van der Waals surface area (Å²) in [5, 5.41) is 0. The van der Waals surface area contributed by atoms with Crippen molar-refractivity contribution in [2.45, 2.75) is 13.3 Å². The normalized spacial score (nSPS) is 10.1. The molecule has 17 heavy (non-hydrogen) atoms. The number of halogens is 3. The van der Waals surface area contributed by atoms with Crippen LogP contribution in [0.4, 0.5) is 8.78 Å². The number of Topliss-reactive ketones (excluding diaryl/α,β-unsaturated/α-hetero) is 1. The number of ketones is 1.